The van der Waals surface area contributed by atoms with Gasteiger partial charge in [0.2, 0.25) is 0 Å². The molecule has 2 aromatic heterocycles. The topological polar surface area (TPSA) is 64.1 Å². The molecule has 1 aromatic carbocycles. The van der Waals surface area contributed by atoms with Crippen LogP contribution >= 0.6 is 11.3 Å². The number of thiazole rings is 1. The summed E-state index contributed by atoms with van der Waals surface area (Å²) >= 11 is 1.41. The minimum Gasteiger partial charge on any atom is -0.431 e. The van der Waals surface area contributed by atoms with Crippen molar-refractivity contribution in [1.82, 2.24) is 9.97 Å². The van der Waals surface area contributed by atoms with E-state index in [0.29, 0.717) is 22.2 Å². The quantitative estimate of drug-likeness (QED) is 0.794. The molecule has 0 fully saturated rings. The summed E-state index contributed by atoms with van der Waals surface area (Å²) < 4.78 is 5.56. The van der Waals surface area contributed by atoms with E-state index in [4.69, 9.17) is 4.74 Å². The molecular weight excluding hydrogens is 298 g/mol. The van der Waals surface area contributed by atoms with Gasteiger partial charge in [0, 0.05) is 23.3 Å². The van der Waals surface area contributed by atoms with Gasteiger partial charge in [-0.15, -0.1) is 0 Å². The summed E-state index contributed by atoms with van der Waals surface area (Å²) in [4.78, 5) is 20.3. The first-order valence-corrected chi connectivity index (χ1v) is 7.50. The fraction of sp³-hybridized carbons (Fsp3) is 0.0625. The smallest absolute Gasteiger partial charge is 0.278 e. The van der Waals surface area contributed by atoms with Crippen molar-refractivity contribution >= 4 is 22.9 Å². The van der Waals surface area contributed by atoms with Crippen LogP contribution in [0.15, 0.2) is 54.3 Å². The molecule has 0 spiro atoms. The largest absolute Gasteiger partial charge is 0.431 e. The van der Waals surface area contributed by atoms with Crippen LogP contribution in [0.1, 0.15) is 15.9 Å². The molecule has 1 amide bonds. The second kappa shape index (κ2) is 6.36. The normalized spacial score (nSPS) is 10.2. The Hall–Kier alpha value is -2.73. The number of benzene rings is 1. The van der Waals surface area contributed by atoms with Gasteiger partial charge >= 0.3 is 0 Å². The van der Waals surface area contributed by atoms with Gasteiger partial charge in [-0.25, -0.2) is 4.98 Å². The van der Waals surface area contributed by atoms with E-state index in [1.807, 2.05) is 18.4 Å². The molecule has 0 atom stereocenters. The molecule has 0 radical (unpaired) electrons. The zero-order valence-electron chi connectivity index (χ0n) is 11.8. The Morgan fingerprint density at radius 3 is 2.68 bits per heavy atom. The molecule has 110 valence electrons. The van der Waals surface area contributed by atoms with Crippen LogP contribution in [0.4, 0.5) is 5.69 Å². The number of carbonyl (C=O) groups excluding carboxylic acids is 1. The van der Waals surface area contributed by atoms with Crippen LogP contribution in [0.2, 0.25) is 0 Å². The fourth-order valence-corrected chi connectivity index (χ4v) is 2.33. The second-order valence-corrected chi connectivity index (χ2v) is 5.43. The molecule has 0 bridgehead atoms. The number of carbonyl (C=O) groups is 1. The standard InChI is InChI=1S/C16H13N3O2S/c1-11-6-7-17-10-14(11)19-15(20)12-2-4-13(5-3-12)21-16-18-8-9-22-16/h2-10H,1H3,(H,19,20). The van der Waals surface area contributed by atoms with Crippen LogP contribution in [-0.2, 0) is 0 Å². The van der Waals surface area contributed by atoms with Crippen molar-refractivity contribution in [3.63, 3.8) is 0 Å². The highest BCUT2D eigenvalue weighted by molar-refractivity contribution is 7.11. The average molecular weight is 311 g/mol. The number of aromatic nitrogens is 2. The number of aryl methyl sites for hydroxylation is 1. The molecule has 22 heavy (non-hydrogen) atoms. The lowest BCUT2D eigenvalue weighted by Gasteiger charge is -2.08. The van der Waals surface area contributed by atoms with E-state index in [9.17, 15) is 4.79 Å². The van der Waals surface area contributed by atoms with Gasteiger partial charge in [0.1, 0.15) is 5.75 Å². The van der Waals surface area contributed by atoms with Crippen LogP contribution in [0.25, 0.3) is 0 Å². The molecule has 0 aliphatic heterocycles. The Bertz CT molecular complexity index is 770. The van der Waals surface area contributed by atoms with E-state index in [0.717, 1.165) is 5.56 Å². The van der Waals surface area contributed by atoms with E-state index < -0.39 is 0 Å². The average Bonchev–Trinajstić information content (AvgIpc) is 3.03. The maximum absolute atomic E-state index is 12.2. The molecule has 0 saturated heterocycles. The lowest BCUT2D eigenvalue weighted by Crippen LogP contribution is -2.12. The molecular formula is C16H13N3O2S. The lowest BCUT2D eigenvalue weighted by atomic mass is 10.2. The minimum absolute atomic E-state index is 0.183. The van der Waals surface area contributed by atoms with Gasteiger partial charge in [0.05, 0.1) is 11.9 Å². The third-order valence-corrected chi connectivity index (χ3v) is 3.67. The van der Waals surface area contributed by atoms with Crippen LogP contribution in [0, 0.1) is 6.92 Å². The van der Waals surface area contributed by atoms with E-state index in [1.54, 1.807) is 42.9 Å². The van der Waals surface area contributed by atoms with Gasteiger partial charge < -0.3 is 10.1 Å². The highest BCUT2D eigenvalue weighted by Gasteiger charge is 2.08. The first-order chi connectivity index (χ1) is 10.7. The summed E-state index contributed by atoms with van der Waals surface area (Å²) in [6, 6.07) is 8.76. The number of rotatable bonds is 4. The zero-order chi connectivity index (χ0) is 15.4. The van der Waals surface area contributed by atoms with E-state index >= 15 is 0 Å². The summed E-state index contributed by atoms with van der Waals surface area (Å²) in [6.45, 7) is 1.92. The zero-order valence-corrected chi connectivity index (χ0v) is 12.6. The number of amides is 1. The first kappa shape index (κ1) is 14.2. The monoisotopic (exact) mass is 311 g/mol. The summed E-state index contributed by atoms with van der Waals surface area (Å²) in [5, 5.41) is 5.25. The number of hydrogen-bond donors (Lipinski definition) is 1. The molecule has 2 heterocycles. The summed E-state index contributed by atoms with van der Waals surface area (Å²) in [7, 11) is 0. The lowest BCUT2D eigenvalue weighted by molar-refractivity contribution is 0.102. The van der Waals surface area contributed by atoms with Gasteiger partial charge in [-0.1, -0.05) is 11.3 Å². The molecule has 0 aliphatic carbocycles. The third kappa shape index (κ3) is 3.29. The van der Waals surface area contributed by atoms with Crippen molar-refractivity contribution in [2.45, 2.75) is 6.92 Å². The van der Waals surface area contributed by atoms with Crippen molar-refractivity contribution in [3.8, 4) is 10.9 Å². The molecule has 0 unspecified atom stereocenters. The number of hydrogen-bond acceptors (Lipinski definition) is 5. The SMILES string of the molecule is Cc1ccncc1NC(=O)c1ccc(Oc2nccs2)cc1. The third-order valence-electron chi connectivity index (χ3n) is 3.02. The maximum atomic E-state index is 12.2. The molecule has 3 rings (SSSR count). The fourth-order valence-electron chi connectivity index (χ4n) is 1.83. The van der Waals surface area contributed by atoms with Gasteiger partial charge in [-0.3, -0.25) is 9.78 Å². The highest BCUT2D eigenvalue weighted by Crippen LogP contribution is 2.23. The van der Waals surface area contributed by atoms with Crippen LogP contribution in [-0.4, -0.2) is 15.9 Å². The summed E-state index contributed by atoms with van der Waals surface area (Å²) in [5.74, 6) is 0.459. The summed E-state index contributed by atoms with van der Waals surface area (Å²) in [6.07, 6.45) is 5.00. The van der Waals surface area contributed by atoms with Crippen molar-refractivity contribution in [2.75, 3.05) is 5.32 Å². The van der Waals surface area contributed by atoms with Crippen molar-refractivity contribution in [3.05, 3.63) is 65.4 Å². The number of nitrogens with zero attached hydrogens (tertiary/aromatic N) is 2. The van der Waals surface area contributed by atoms with Gasteiger partial charge in [-0.05, 0) is 42.8 Å². The van der Waals surface area contributed by atoms with E-state index in [1.165, 1.54) is 11.3 Å². The Balaban J connectivity index is 1.70. The molecule has 5 nitrogen and oxygen atoms in total. The van der Waals surface area contributed by atoms with Crippen LogP contribution in [0.5, 0.6) is 10.9 Å². The van der Waals surface area contributed by atoms with Crippen molar-refractivity contribution in [2.24, 2.45) is 0 Å². The Morgan fingerprint density at radius 2 is 2.00 bits per heavy atom. The van der Waals surface area contributed by atoms with E-state index in [-0.39, 0.29) is 5.91 Å². The number of anilines is 1. The van der Waals surface area contributed by atoms with Crippen molar-refractivity contribution in [1.29, 1.82) is 0 Å². The van der Waals surface area contributed by atoms with Gasteiger partial charge in [-0.2, -0.15) is 0 Å². The van der Waals surface area contributed by atoms with Crippen LogP contribution < -0.4 is 10.1 Å². The van der Waals surface area contributed by atoms with E-state index in [2.05, 4.69) is 15.3 Å². The minimum atomic E-state index is -0.183. The first-order valence-electron chi connectivity index (χ1n) is 6.62. The molecule has 3 aromatic rings. The Labute approximate surface area is 131 Å². The predicted octanol–water partition coefficient (Wildman–Crippen LogP) is 3.89. The maximum Gasteiger partial charge on any atom is 0.278 e. The van der Waals surface area contributed by atoms with Gasteiger partial charge in [0.25, 0.3) is 11.1 Å². The highest BCUT2D eigenvalue weighted by atomic mass is 32.1. The molecule has 1 N–H and O–H groups in total. The second-order valence-electron chi connectivity index (χ2n) is 4.57. The molecule has 6 heteroatoms. The number of pyridine rings is 1. The summed E-state index contributed by atoms with van der Waals surface area (Å²) in [5.41, 5.74) is 2.22. The van der Waals surface area contributed by atoms with Gasteiger partial charge in [0.15, 0.2) is 0 Å². The molecule has 0 saturated carbocycles. The Morgan fingerprint density at radius 1 is 1.18 bits per heavy atom. The van der Waals surface area contributed by atoms with Crippen LogP contribution in [0.3, 0.4) is 0 Å². The predicted molar refractivity (Wildman–Crippen MR) is 85.6 cm³/mol. The number of ether oxygens (including phenoxy) is 1. The van der Waals surface area contributed by atoms with Crippen molar-refractivity contribution < 1.29 is 9.53 Å². The number of nitrogens with one attached hydrogen (secondary N) is 1. The Kier molecular flexibility index (Phi) is 4.11. The molecule has 0 aliphatic rings.